The zero-order chi connectivity index (χ0) is 19.0. The number of hydrogen-bond donors (Lipinski definition) is 0. The zero-order valence-electron chi connectivity index (χ0n) is 15.6. The van der Waals surface area contributed by atoms with Gasteiger partial charge in [0.05, 0.1) is 0 Å². The van der Waals surface area contributed by atoms with E-state index < -0.39 is 0 Å². The molecule has 0 atom stereocenters. The molecule has 0 aliphatic heterocycles. The summed E-state index contributed by atoms with van der Waals surface area (Å²) >= 11 is 2.40. The summed E-state index contributed by atoms with van der Waals surface area (Å²) in [7, 11) is 0. The maximum absolute atomic E-state index is 5.64. The monoisotopic (exact) mass is 460 g/mol. The van der Waals surface area contributed by atoms with E-state index in [0.29, 0.717) is 0 Å². The van der Waals surface area contributed by atoms with Crippen LogP contribution in [0.2, 0.25) is 0 Å². The van der Waals surface area contributed by atoms with E-state index >= 15 is 0 Å². The number of benzene rings is 3. The Morgan fingerprint density at radius 1 is 1.00 bits per heavy atom. The fourth-order valence-corrected chi connectivity index (χ4v) is 4.69. The van der Waals surface area contributed by atoms with Crippen LogP contribution in [-0.2, 0) is 5.41 Å². The largest absolute Gasteiger partial charge is 0.115 e. The Morgan fingerprint density at radius 2 is 1.78 bits per heavy atom. The van der Waals surface area contributed by atoms with Crippen molar-refractivity contribution < 1.29 is 0 Å². The van der Waals surface area contributed by atoms with Gasteiger partial charge in [-0.15, -0.1) is 6.42 Å². The Morgan fingerprint density at radius 3 is 2.56 bits per heavy atom. The molecule has 0 aromatic heterocycles. The van der Waals surface area contributed by atoms with E-state index in [-0.39, 0.29) is 5.41 Å². The molecule has 3 aromatic rings. The second kappa shape index (κ2) is 7.02. The van der Waals surface area contributed by atoms with Gasteiger partial charge in [-0.2, -0.15) is 0 Å². The summed E-state index contributed by atoms with van der Waals surface area (Å²) in [6.45, 7) is 4.60. The van der Waals surface area contributed by atoms with Crippen LogP contribution in [0.4, 0.5) is 0 Å². The van der Waals surface area contributed by atoms with Crippen molar-refractivity contribution in [3.05, 3.63) is 89.5 Å². The minimum absolute atomic E-state index is 0.0518. The van der Waals surface area contributed by atoms with Crippen LogP contribution in [0.25, 0.3) is 27.5 Å². The molecule has 0 N–H and O–H groups in total. The average Bonchev–Trinajstić information content (AvgIpc) is 2.89. The van der Waals surface area contributed by atoms with Crippen LogP contribution in [0, 0.1) is 12.3 Å². The summed E-state index contributed by atoms with van der Waals surface area (Å²) < 4.78 is 0.975. The van der Waals surface area contributed by atoms with Crippen molar-refractivity contribution in [2.24, 2.45) is 0 Å². The smallest absolute Gasteiger partial charge is 0.0182 e. The van der Waals surface area contributed by atoms with Gasteiger partial charge >= 0.3 is 0 Å². The van der Waals surface area contributed by atoms with Crippen LogP contribution in [0.1, 0.15) is 25.0 Å². The lowest BCUT2D eigenvalue weighted by molar-refractivity contribution is 0.660. The van der Waals surface area contributed by atoms with Crippen LogP contribution >= 0.6 is 22.6 Å². The van der Waals surface area contributed by atoms with E-state index in [9.17, 15) is 0 Å². The number of fused-ring (bicyclic) bond motifs is 2. The van der Waals surface area contributed by atoms with Gasteiger partial charge in [0.15, 0.2) is 0 Å². The summed E-state index contributed by atoms with van der Waals surface area (Å²) in [5, 5.41) is 2.56. The molecule has 0 spiro atoms. The first-order chi connectivity index (χ1) is 13.1. The van der Waals surface area contributed by atoms with Gasteiger partial charge in [0, 0.05) is 9.84 Å². The summed E-state index contributed by atoms with van der Waals surface area (Å²) in [6.07, 6.45) is 9.87. The lowest BCUT2D eigenvalue weighted by Gasteiger charge is -2.22. The van der Waals surface area contributed by atoms with Crippen LogP contribution in [-0.4, -0.2) is 4.43 Å². The minimum atomic E-state index is -0.0518. The second-order valence-corrected chi connectivity index (χ2v) is 8.29. The number of rotatable bonds is 2. The van der Waals surface area contributed by atoms with Gasteiger partial charge < -0.3 is 0 Å². The minimum Gasteiger partial charge on any atom is -0.115 e. The zero-order valence-corrected chi connectivity index (χ0v) is 17.7. The molecule has 27 heavy (non-hydrogen) atoms. The number of terminal acetylenes is 1. The van der Waals surface area contributed by atoms with Crippen molar-refractivity contribution in [1.29, 1.82) is 0 Å². The summed E-state index contributed by atoms with van der Waals surface area (Å²) in [5.74, 6) is 2.74. The topological polar surface area (TPSA) is 0 Å². The van der Waals surface area contributed by atoms with E-state index in [2.05, 4.69) is 109 Å². The van der Waals surface area contributed by atoms with Gasteiger partial charge in [-0.1, -0.05) is 103 Å². The molecule has 1 aliphatic carbocycles. The Hall–Kier alpha value is -2.31. The molecule has 1 heteroatoms. The molecule has 1 aliphatic rings. The third-order valence-electron chi connectivity index (χ3n) is 5.56. The molecule has 4 rings (SSSR count). The van der Waals surface area contributed by atoms with E-state index in [0.717, 1.165) is 4.43 Å². The predicted octanol–water partition coefficient (Wildman–Crippen LogP) is 7.18. The number of allylic oxidation sites excluding steroid dienone is 4. The first-order valence-electron chi connectivity index (χ1n) is 9.14. The molecule has 3 aromatic carbocycles. The second-order valence-electron chi connectivity index (χ2n) is 7.41. The molecule has 0 fully saturated rings. The summed E-state index contributed by atoms with van der Waals surface area (Å²) in [5.41, 5.74) is 7.63. The third kappa shape index (κ3) is 2.93. The lowest BCUT2D eigenvalue weighted by Crippen LogP contribution is -2.15. The van der Waals surface area contributed by atoms with Gasteiger partial charge in [0.2, 0.25) is 0 Å². The van der Waals surface area contributed by atoms with E-state index in [1.807, 2.05) is 6.08 Å². The van der Waals surface area contributed by atoms with Crippen LogP contribution in [0.3, 0.4) is 0 Å². The maximum Gasteiger partial charge on any atom is 0.0182 e. The first-order valence-corrected chi connectivity index (χ1v) is 10.7. The van der Waals surface area contributed by atoms with Crippen molar-refractivity contribution >= 4 is 38.9 Å². The van der Waals surface area contributed by atoms with Gasteiger partial charge in [-0.05, 0) is 56.3 Å². The molecule has 0 unspecified atom stereocenters. The highest BCUT2D eigenvalue weighted by Gasteiger charge is 2.37. The molecular formula is C26H21I. The van der Waals surface area contributed by atoms with Crippen LogP contribution in [0.15, 0.2) is 78.4 Å². The molecule has 132 valence electrons. The normalized spacial score (nSPS) is 18.0. The molecule has 0 amide bonds. The average molecular weight is 460 g/mol. The van der Waals surface area contributed by atoms with E-state index in [4.69, 9.17) is 6.42 Å². The fourth-order valence-electron chi connectivity index (χ4n) is 4.25. The highest BCUT2D eigenvalue weighted by atomic mass is 127. The molecule has 0 heterocycles. The van der Waals surface area contributed by atoms with Crippen molar-refractivity contribution in [3.63, 3.8) is 0 Å². The summed E-state index contributed by atoms with van der Waals surface area (Å²) in [4.78, 5) is 0. The molecular weight excluding hydrogens is 439 g/mol. The predicted molar refractivity (Wildman–Crippen MR) is 126 cm³/mol. The Bertz CT molecular complexity index is 1130. The Balaban J connectivity index is 1.96. The van der Waals surface area contributed by atoms with Crippen LogP contribution < -0.4 is 0 Å². The van der Waals surface area contributed by atoms with Crippen LogP contribution in [0.5, 0.6) is 0 Å². The van der Waals surface area contributed by atoms with Crippen molar-refractivity contribution in [2.45, 2.75) is 19.3 Å². The lowest BCUT2D eigenvalue weighted by atomic mass is 9.81. The third-order valence-corrected chi connectivity index (χ3v) is 6.00. The van der Waals surface area contributed by atoms with E-state index in [1.54, 1.807) is 0 Å². The molecule has 0 saturated carbocycles. The standard InChI is InChI=1S/C26H21I/c1-4-8-22-23-14-13-19(17-25(23)26(2,3)24(22)15-16-27)21-12-7-10-18-9-5-6-11-20(18)21/h1,5-15,17H,16H2,2-3H3/b22-8?,24-15+. The maximum atomic E-state index is 5.64. The number of halogens is 1. The van der Waals surface area contributed by atoms with E-state index in [1.165, 1.54) is 44.2 Å². The van der Waals surface area contributed by atoms with Gasteiger partial charge in [-0.3, -0.25) is 0 Å². The molecule has 0 saturated heterocycles. The Labute approximate surface area is 175 Å². The van der Waals surface area contributed by atoms with Gasteiger partial charge in [0.25, 0.3) is 0 Å². The number of alkyl halides is 1. The van der Waals surface area contributed by atoms with Crippen molar-refractivity contribution in [1.82, 2.24) is 0 Å². The molecule has 0 bridgehead atoms. The quantitative estimate of drug-likeness (QED) is 0.216. The van der Waals surface area contributed by atoms with Gasteiger partial charge in [-0.25, -0.2) is 0 Å². The number of hydrogen-bond acceptors (Lipinski definition) is 0. The Kier molecular flexibility index (Phi) is 4.70. The highest BCUT2D eigenvalue weighted by Crippen LogP contribution is 2.50. The van der Waals surface area contributed by atoms with Gasteiger partial charge in [0.1, 0.15) is 0 Å². The van der Waals surface area contributed by atoms with Crippen molar-refractivity contribution in [2.75, 3.05) is 4.43 Å². The molecule has 0 nitrogen and oxygen atoms in total. The fraction of sp³-hybridized carbons (Fsp3) is 0.154. The highest BCUT2D eigenvalue weighted by molar-refractivity contribution is 14.1. The summed E-state index contributed by atoms with van der Waals surface area (Å²) in [6, 6.07) is 21.9. The van der Waals surface area contributed by atoms with Crippen molar-refractivity contribution in [3.8, 4) is 23.5 Å². The SMILES string of the molecule is C#CC=C1/C(=C\CI)C(C)(C)c2cc(-c3cccc4ccccc34)ccc21. The molecule has 0 radical (unpaired) electrons. The first kappa shape index (κ1) is 18.1.